The number of aromatic nitrogens is 3. The summed E-state index contributed by atoms with van der Waals surface area (Å²) < 4.78 is 15.1. The fourth-order valence-corrected chi connectivity index (χ4v) is 5.31. The van der Waals surface area contributed by atoms with Crippen molar-refractivity contribution in [2.75, 3.05) is 5.32 Å². The summed E-state index contributed by atoms with van der Waals surface area (Å²) in [5.41, 5.74) is 3.48. The summed E-state index contributed by atoms with van der Waals surface area (Å²) in [6.45, 7) is 10.7. The van der Waals surface area contributed by atoms with Crippen LogP contribution in [0.2, 0.25) is 0 Å². The van der Waals surface area contributed by atoms with Gasteiger partial charge < -0.3 is 10.4 Å². The third kappa shape index (κ3) is 3.94. The molecule has 3 heterocycles. The number of aliphatic imine (C=N–C) groups is 1. The first-order chi connectivity index (χ1) is 16.1. The lowest BCUT2D eigenvalue weighted by Gasteiger charge is -2.19. The number of carbonyl (C=O) groups is 2. The van der Waals surface area contributed by atoms with Crippen LogP contribution in [0.15, 0.2) is 41.7 Å². The topological polar surface area (TPSA) is 109 Å². The van der Waals surface area contributed by atoms with Crippen molar-refractivity contribution < 1.29 is 19.1 Å². The average Bonchev–Trinajstić information content (AvgIpc) is 3.25. The molecule has 2 unspecified atom stereocenters. The van der Waals surface area contributed by atoms with Gasteiger partial charge in [-0.15, -0.1) is 21.5 Å². The number of benzene rings is 1. The SMILES string of the molecule is C=C(F)C(=O)Nc1cccc(C2=NC(C(CC)C(=O)O)c3nnc(C)n3-c3sc(C)c(C)c32)c1. The molecular formula is C24H24FN5O3S. The maximum atomic E-state index is 13.3. The van der Waals surface area contributed by atoms with Crippen molar-refractivity contribution in [3.8, 4) is 5.00 Å². The molecule has 1 aromatic carbocycles. The number of aryl methyl sites for hydroxylation is 2. The number of fused-ring (bicyclic) bond motifs is 3. The predicted octanol–water partition coefficient (Wildman–Crippen LogP) is 4.68. The second kappa shape index (κ2) is 8.94. The number of nitrogens with zero attached hydrogens (tertiary/aromatic N) is 4. The van der Waals surface area contributed by atoms with Crippen LogP contribution in [-0.2, 0) is 9.59 Å². The molecule has 34 heavy (non-hydrogen) atoms. The lowest BCUT2D eigenvalue weighted by atomic mass is 9.95. The molecule has 176 valence electrons. The monoisotopic (exact) mass is 481 g/mol. The minimum atomic E-state index is -1.09. The second-order valence-electron chi connectivity index (χ2n) is 8.12. The van der Waals surface area contributed by atoms with E-state index in [1.165, 1.54) is 0 Å². The zero-order valence-corrected chi connectivity index (χ0v) is 20.0. The molecule has 10 heteroatoms. The van der Waals surface area contributed by atoms with Crippen molar-refractivity contribution in [2.24, 2.45) is 10.9 Å². The van der Waals surface area contributed by atoms with Crippen LogP contribution < -0.4 is 5.32 Å². The molecule has 0 spiro atoms. The molecule has 4 rings (SSSR count). The molecule has 0 fully saturated rings. The van der Waals surface area contributed by atoms with Crippen molar-refractivity contribution in [3.63, 3.8) is 0 Å². The van der Waals surface area contributed by atoms with E-state index in [0.717, 1.165) is 21.0 Å². The van der Waals surface area contributed by atoms with Gasteiger partial charge in [-0.25, -0.2) is 4.39 Å². The Morgan fingerprint density at radius 2 is 2.03 bits per heavy atom. The number of hydrogen-bond donors (Lipinski definition) is 2. The molecule has 0 saturated carbocycles. The number of aliphatic carboxylic acids is 1. The first kappa shape index (κ1) is 23.5. The number of halogens is 1. The number of carboxylic acid groups (broad SMARTS) is 1. The lowest BCUT2D eigenvalue weighted by molar-refractivity contribution is -0.142. The smallest absolute Gasteiger partial charge is 0.309 e. The summed E-state index contributed by atoms with van der Waals surface area (Å²) in [7, 11) is 0. The highest BCUT2D eigenvalue weighted by Gasteiger charge is 2.37. The largest absolute Gasteiger partial charge is 0.481 e. The van der Waals surface area contributed by atoms with E-state index in [1.807, 2.05) is 31.4 Å². The number of hydrogen-bond acceptors (Lipinski definition) is 6. The standard InChI is InChI=1S/C24H24FN5O3S/c1-6-17(24(32)33)20-21-29-28-14(5)30(21)23-18(11(2)13(4)34-23)19(27-20)15-8-7-9-16(10-15)26-22(31)12(3)25/h7-10,17,20H,3,6H2,1-2,4-5H3,(H,26,31)(H,32,33). The maximum absolute atomic E-state index is 13.3. The summed E-state index contributed by atoms with van der Waals surface area (Å²) in [6.07, 6.45) is 0.350. The Kier molecular flexibility index (Phi) is 6.18. The predicted molar refractivity (Wildman–Crippen MR) is 129 cm³/mol. The number of anilines is 1. The van der Waals surface area contributed by atoms with Crippen LogP contribution in [0.25, 0.3) is 5.00 Å². The van der Waals surface area contributed by atoms with E-state index in [1.54, 1.807) is 36.5 Å². The van der Waals surface area contributed by atoms with Gasteiger partial charge in [0.05, 0.1) is 11.6 Å². The van der Waals surface area contributed by atoms with Crippen LogP contribution in [0.1, 0.15) is 52.6 Å². The average molecular weight is 482 g/mol. The summed E-state index contributed by atoms with van der Waals surface area (Å²) in [5.74, 6) is -2.69. The second-order valence-corrected chi connectivity index (χ2v) is 9.32. The maximum Gasteiger partial charge on any atom is 0.309 e. The van der Waals surface area contributed by atoms with Gasteiger partial charge in [0.25, 0.3) is 5.91 Å². The van der Waals surface area contributed by atoms with Gasteiger partial charge in [0.2, 0.25) is 0 Å². The zero-order chi connectivity index (χ0) is 24.7. The van der Waals surface area contributed by atoms with Gasteiger partial charge in [0, 0.05) is 21.7 Å². The van der Waals surface area contributed by atoms with Crippen LogP contribution in [0, 0.1) is 26.7 Å². The minimum Gasteiger partial charge on any atom is -0.481 e. The Balaban J connectivity index is 1.98. The zero-order valence-electron chi connectivity index (χ0n) is 19.2. The van der Waals surface area contributed by atoms with Gasteiger partial charge in [0.1, 0.15) is 16.9 Å². The van der Waals surface area contributed by atoms with Crippen LogP contribution in [0.4, 0.5) is 10.1 Å². The van der Waals surface area contributed by atoms with Crippen LogP contribution in [0.3, 0.4) is 0 Å². The van der Waals surface area contributed by atoms with Gasteiger partial charge in [-0.2, -0.15) is 0 Å². The van der Waals surface area contributed by atoms with Gasteiger partial charge >= 0.3 is 5.97 Å². The molecule has 3 aromatic rings. The fourth-order valence-electron chi connectivity index (χ4n) is 4.09. The Hall–Kier alpha value is -3.66. The Bertz CT molecular complexity index is 1360. The lowest BCUT2D eigenvalue weighted by Crippen LogP contribution is -2.23. The van der Waals surface area contributed by atoms with Crippen LogP contribution in [-0.4, -0.2) is 37.5 Å². The fraction of sp³-hybridized carbons (Fsp3) is 0.292. The van der Waals surface area contributed by atoms with Crippen LogP contribution in [0.5, 0.6) is 0 Å². The Morgan fingerprint density at radius 3 is 2.68 bits per heavy atom. The first-order valence-corrected chi connectivity index (χ1v) is 11.5. The van der Waals surface area contributed by atoms with E-state index in [9.17, 15) is 19.1 Å². The van der Waals surface area contributed by atoms with E-state index in [0.29, 0.717) is 35.0 Å². The summed E-state index contributed by atoms with van der Waals surface area (Å²) in [4.78, 5) is 30.0. The third-order valence-electron chi connectivity index (χ3n) is 5.97. The van der Waals surface area contributed by atoms with Gasteiger partial charge in [0.15, 0.2) is 11.7 Å². The highest BCUT2D eigenvalue weighted by molar-refractivity contribution is 7.15. The number of amides is 1. The third-order valence-corrected chi connectivity index (χ3v) is 7.16. The molecule has 1 amide bonds. The van der Waals surface area contributed by atoms with E-state index in [-0.39, 0.29) is 0 Å². The quantitative estimate of drug-likeness (QED) is 0.497. The molecule has 1 aliphatic heterocycles. The van der Waals surface area contributed by atoms with Gasteiger partial charge in [-0.3, -0.25) is 19.1 Å². The first-order valence-electron chi connectivity index (χ1n) is 10.7. The van der Waals surface area contributed by atoms with E-state index in [2.05, 4.69) is 22.1 Å². The van der Waals surface area contributed by atoms with E-state index < -0.39 is 29.7 Å². The highest BCUT2D eigenvalue weighted by Crippen LogP contribution is 2.41. The van der Waals surface area contributed by atoms with Crippen molar-refractivity contribution >= 4 is 34.6 Å². The molecule has 0 radical (unpaired) electrons. The van der Waals surface area contributed by atoms with Crippen molar-refractivity contribution in [1.29, 1.82) is 0 Å². The summed E-state index contributed by atoms with van der Waals surface area (Å²) in [6, 6.07) is 6.10. The molecule has 2 atom stereocenters. The molecule has 1 aliphatic rings. The van der Waals surface area contributed by atoms with Crippen molar-refractivity contribution in [1.82, 2.24) is 14.8 Å². The van der Waals surface area contributed by atoms with Gasteiger partial charge in [-0.05, 0) is 44.9 Å². The molecule has 0 saturated heterocycles. The number of carboxylic acids is 1. The highest BCUT2D eigenvalue weighted by atomic mass is 32.1. The Morgan fingerprint density at radius 1 is 1.29 bits per heavy atom. The summed E-state index contributed by atoms with van der Waals surface area (Å²) >= 11 is 1.56. The normalized spacial score (nSPS) is 15.6. The Labute approximate surface area is 199 Å². The molecule has 2 N–H and O–H groups in total. The van der Waals surface area contributed by atoms with Crippen LogP contribution >= 0.6 is 11.3 Å². The molecule has 2 aromatic heterocycles. The van der Waals surface area contributed by atoms with E-state index >= 15 is 0 Å². The molecule has 0 aliphatic carbocycles. The van der Waals surface area contributed by atoms with Crippen molar-refractivity contribution in [2.45, 2.75) is 40.2 Å². The molecule has 8 nitrogen and oxygen atoms in total. The summed E-state index contributed by atoms with van der Waals surface area (Å²) in [5, 5.41) is 21.9. The minimum absolute atomic E-state index is 0.350. The number of carbonyl (C=O) groups excluding carboxylic acids is 1. The van der Waals surface area contributed by atoms with Crippen molar-refractivity contribution in [3.05, 3.63) is 69.9 Å². The molecule has 0 bridgehead atoms. The molecular weight excluding hydrogens is 457 g/mol. The van der Waals surface area contributed by atoms with E-state index in [4.69, 9.17) is 4.99 Å². The number of rotatable bonds is 6. The number of thiophene rings is 1. The number of nitrogens with one attached hydrogen (secondary N) is 1. The van der Waals surface area contributed by atoms with Gasteiger partial charge in [-0.1, -0.05) is 25.6 Å².